The van der Waals surface area contributed by atoms with E-state index in [0.717, 1.165) is 17.9 Å². The highest BCUT2D eigenvalue weighted by atomic mass is 35.5. The molecule has 0 radical (unpaired) electrons. The number of nitrogens with one attached hydrogen (secondary N) is 1. The van der Waals surface area contributed by atoms with Gasteiger partial charge >= 0.3 is 0 Å². The molecule has 11 heteroatoms. The normalized spacial score (nSPS) is 17.8. The van der Waals surface area contributed by atoms with Crippen molar-refractivity contribution in [3.05, 3.63) is 0 Å². The van der Waals surface area contributed by atoms with Crippen LogP contribution in [0, 0.1) is 0 Å². The van der Waals surface area contributed by atoms with Crippen LogP contribution in [0.25, 0.3) is 0 Å². The predicted octanol–water partition coefficient (Wildman–Crippen LogP) is 0.0416. The fraction of sp³-hybridized carbons (Fsp3) is 0.700. The molecule has 1 amide bonds. The third-order valence-corrected chi connectivity index (χ3v) is 6.23. The summed E-state index contributed by atoms with van der Waals surface area (Å²) in [5.41, 5.74) is 0. The summed E-state index contributed by atoms with van der Waals surface area (Å²) < 4.78 is 26.1. The Kier molecular flexibility index (Phi) is 5.49. The van der Waals surface area contributed by atoms with Gasteiger partial charge in [0.15, 0.2) is 0 Å². The van der Waals surface area contributed by atoms with E-state index in [1.807, 2.05) is 0 Å². The fourth-order valence-corrected chi connectivity index (χ4v) is 4.68. The van der Waals surface area contributed by atoms with E-state index in [9.17, 15) is 13.2 Å². The highest BCUT2D eigenvalue weighted by molar-refractivity contribution is 7.91. The number of sulfonamides is 1. The van der Waals surface area contributed by atoms with E-state index >= 15 is 0 Å². The van der Waals surface area contributed by atoms with Crippen LogP contribution < -0.4 is 5.32 Å². The Morgan fingerprint density at radius 1 is 1.33 bits per heavy atom. The quantitative estimate of drug-likeness (QED) is 0.593. The monoisotopic (exact) mass is 353 g/mol. The molecule has 0 atom stereocenters. The molecule has 0 saturated carbocycles. The molecule has 1 N–H and O–H groups in total. The molecule has 0 aromatic carbocycles. The zero-order chi connectivity index (χ0) is 15.5. The molecule has 8 nitrogen and oxygen atoms in total. The van der Waals surface area contributed by atoms with Crippen molar-refractivity contribution in [1.29, 1.82) is 0 Å². The van der Waals surface area contributed by atoms with Crippen molar-refractivity contribution in [3.8, 4) is 0 Å². The molecule has 0 aliphatic carbocycles. The van der Waals surface area contributed by atoms with Crippen LogP contribution in [-0.2, 0) is 14.8 Å². The second kappa shape index (κ2) is 6.97. The Morgan fingerprint density at radius 3 is 2.57 bits per heavy atom. The van der Waals surface area contributed by atoms with Crippen LogP contribution in [0.2, 0.25) is 0 Å². The zero-order valence-electron chi connectivity index (χ0n) is 11.5. The van der Waals surface area contributed by atoms with Gasteiger partial charge in [-0.25, -0.2) is 8.42 Å². The number of halogens is 1. The lowest BCUT2D eigenvalue weighted by atomic mass is 10.4. The number of alkyl halides is 1. The van der Waals surface area contributed by atoms with Gasteiger partial charge in [-0.3, -0.25) is 9.69 Å². The van der Waals surface area contributed by atoms with Gasteiger partial charge in [-0.1, -0.05) is 11.3 Å². The van der Waals surface area contributed by atoms with Crippen molar-refractivity contribution in [1.82, 2.24) is 19.4 Å². The van der Waals surface area contributed by atoms with E-state index in [4.69, 9.17) is 11.6 Å². The van der Waals surface area contributed by atoms with Crippen molar-refractivity contribution in [2.75, 3.05) is 43.9 Å². The molecule has 0 unspecified atom stereocenters. The first kappa shape index (κ1) is 16.6. The number of aromatic nitrogens is 2. The van der Waals surface area contributed by atoms with Crippen LogP contribution in [0.1, 0.15) is 6.92 Å². The lowest BCUT2D eigenvalue weighted by Crippen LogP contribution is -2.48. The van der Waals surface area contributed by atoms with Crippen molar-refractivity contribution < 1.29 is 13.2 Å². The first-order valence-electron chi connectivity index (χ1n) is 6.33. The van der Waals surface area contributed by atoms with Crippen molar-refractivity contribution >= 4 is 44.0 Å². The van der Waals surface area contributed by atoms with Gasteiger partial charge in [-0.05, 0) is 0 Å². The lowest BCUT2D eigenvalue weighted by Gasteiger charge is -2.32. The van der Waals surface area contributed by atoms with Crippen molar-refractivity contribution in [2.24, 2.45) is 0 Å². The van der Waals surface area contributed by atoms with Gasteiger partial charge in [0.2, 0.25) is 15.4 Å². The summed E-state index contributed by atoms with van der Waals surface area (Å²) in [5, 5.41) is 9.93. The predicted molar refractivity (Wildman–Crippen MR) is 80.1 cm³/mol. The maximum Gasteiger partial charge on any atom is 0.272 e. The van der Waals surface area contributed by atoms with Gasteiger partial charge in [0, 0.05) is 45.5 Å². The molecule has 1 aliphatic heterocycles. The number of hydrogen-bond donors (Lipinski definition) is 1. The van der Waals surface area contributed by atoms with E-state index in [0.29, 0.717) is 32.1 Å². The number of carbonyl (C=O) groups excluding carboxylic acids is 1. The third-order valence-electron chi connectivity index (χ3n) is 2.98. The van der Waals surface area contributed by atoms with Crippen LogP contribution >= 0.6 is 22.9 Å². The minimum absolute atomic E-state index is 0.1000. The number of amides is 1. The topological polar surface area (TPSA) is 95.5 Å². The average molecular weight is 354 g/mol. The summed E-state index contributed by atoms with van der Waals surface area (Å²) in [4.78, 5) is 13.0. The summed E-state index contributed by atoms with van der Waals surface area (Å²) >= 11 is 6.53. The van der Waals surface area contributed by atoms with Crippen molar-refractivity contribution in [3.63, 3.8) is 0 Å². The molecule has 1 aliphatic rings. The summed E-state index contributed by atoms with van der Waals surface area (Å²) in [7, 11) is -3.65. The Hall–Kier alpha value is -0.810. The molecule has 0 bridgehead atoms. The number of carbonyl (C=O) groups is 1. The van der Waals surface area contributed by atoms with Crippen LogP contribution in [0.15, 0.2) is 4.34 Å². The summed E-state index contributed by atoms with van der Waals surface area (Å²) in [6, 6.07) is 0. The smallest absolute Gasteiger partial charge is 0.272 e. The van der Waals surface area contributed by atoms with Gasteiger partial charge in [0.25, 0.3) is 10.0 Å². The molecule has 2 rings (SSSR count). The Bertz CT molecular complexity index is 598. The van der Waals surface area contributed by atoms with Crippen molar-refractivity contribution in [2.45, 2.75) is 11.3 Å². The molecule has 1 fully saturated rings. The Morgan fingerprint density at radius 2 is 2.00 bits per heavy atom. The van der Waals surface area contributed by atoms with E-state index < -0.39 is 10.0 Å². The largest absolute Gasteiger partial charge is 0.301 e. The summed E-state index contributed by atoms with van der Waals surface area (Å²) in [6.45, 7) is 4.15. The molecule has 0 spiro atoms. The van der Waals surface area contributed by atoms with Gasteiger partial charge in [-0.2, -0.15) is 4.31 Å². The van der Waals surface area contributed by atoms with Crippen LogP contribution in [0.3, 0.4) is 0 Å². The number of anilines is 1. The van der Waals surface area contributed by atoms with Gasteiger partial charge in [0.1, 0.15) is 0 Å². The van der Waals surface area contributed by atoms with E-state index in [1.165, 1.54) is 11.2 Å². The second-order valence-corrected chi connectivity index (χ2v) is 7.96. The first-order valence-corrected chi connectivity index (χ1v) is 9.12. The van der Waals surface area contributed by atoms with E-state index in [-0.39, 0.29) is 15.4 Å². The average Bonchev–Trinajstić information content (AvgIpc) is 2.88. The highest BCUT2D eigenvalue weighted by Crippen LogP contribution is 2.24. The minimum atomic E-state index is -3.65. The van der Waals surface area contributed by atoms with Gasteiger partial charge in [-0.15, -0.1) is 21.8 Å². The first-order chi connectivity index (χ1) is 9.93. The van der Waals surface area contributed by atoms with Crippen LogP contribution in [0.4, 0.5) is 5.13 Å². The zero-order valence-corrected chi connectivity index (χ0v) is 13.8. The molecule has 1 aromatic heterocycles. The number of piperazine rings is 1. The SMILES string of the molecule is CC(=O)Nc1nnc(S(=O)(=O)N2CCN(CCCl)CC2)s1. The molecule has 21 heavy (non-hydrogen) atoms. The molecule has 1 aromatic rings. The Balaban J connectivity index is 2.05. The lowest BCUT2D eigenvalue weighted by molar-refractivity contribution is -0.114. The number of hydrogen-bond acceptors (Lipinski definition) is 7. The standard InChI is InChI=1S/C10H16ClN5O3S2/c1-8(17)12-9-13-14-10(20-9)21(18,19)16-6-4-15(3-2-11)5-7-16/h2-7H2,1H3,(H,12,13,17). The van der Waals surface area contributed by atoms with Crippen LogP contribution in [0.5, 0.6) is 0 Å². The van der Waals surface area contributed by atoms with Gasteiger partial charge in [0.05, 0.1) is 0 Å². The number of nitrogens with zero attached hydrogens (tertiary/aromatic N) is 4. The minimum Gasteiger partial charge on any atom is -0.301 e. The fourth-order valence-electron chi connectivity index (χ4n) is 1.94. The third kappa shape index (κ3) is 4.10. The highest BCUT2D eigenvalue weighted by Gasteiger charge is 2.31. The molecule has 2 heterocycles. The maximum absolute atomic E-state index is 12.4. The Labute approximate surface area is 132 Å². The summed E-state index contributed by atoms with van der Waals surface area (Å²) in [5.74, 6) is 0.216. The molecular formula is C10H16ClN5O3S2. The molecule has 1 saturated heterocycles. The van der Waals surface area contributed by atoms with Crippen LogP contribution in [-0.4, -0.2) is 72.3 Å². The van der Waals surface area contributed by atoms with E-state index in [2.05, 4.69) is 20.4 Å². The van der Waals surface area contributed by atoms with E-state index in [1.54, 1.807) is 0 Å². The molecular weight excluding hydrogens is 338 g/mol. The molecule has 118 valence electrons. The second-order valence-electron chi connectivity index (χ2n) is 4.49. The summed E-state index contributed by atoms with van der Waals surface area (Å²) in [6.07, 6.45) is 0. The maximum atomic E-state index is 12.4. The number of rotatable bonds is 5. The van der Waals surface area contributed by atoms with Gasteiger partial charge < -0.3 is 5.32 Å².